The number of rotatable bonds is 15. The second kappa shape index (κ2) is 20.5. The summed E-state index contributed by atoms with van der Waals surface area (Å²) in [5.41, 5.74) is 1.61. The molecule has 11 heteroatoms. The van der Waals surface area contributed by atoms with Gasteiger partial charge in [-0.2, -0.15) is 0 Å². The normalized spacial score (nSPS) is 21.4. The quantitative estimate of drug-likeness (QED) is 0.142. The molecule has 0 aromatic heterocycles. The van der Waals surface area contributed by atoms with Crippen molar-refractivity contribution in [1.82, 2.24) is 0 Å². The molecular weight excluding hydrogens is 629 g/mol. The van der Waals surface area contributed by atoms with E-state index in [0.29, 0.717) is 44.0 Å². The molecule has 0 heterocycles. The molecule has 2 N–H and O–H groups in total. The molecule has 0 bridgehead atoms. The Kier molecular flexibility index (Phi) is 16.5. The third kappa shape index (κ3) is 16.3. The Bertz CT molecular complexity index is 1280. The van der Waals surface area contributed by atoms with Crippen molar-refractivity contribution < 1.29 is 51.9 Å². The molecule has 0 spiro atoms. The van der Waals surface area contributed by atoms with Crippen LogP contribution in [0.1, 0.15) is 75.3 Å². The van der Waals surface area contributed by atoms with Crippen LogP contribution in [0.4, 0.5) is 13.2 Å². The van der Waals surface area contributed by atoms with E-state index in [-0.39, 0.29) is 5.92 Å². The maximum Gasteiger partial charge on any atom is 0.522 e. The van der Waals surface area contributed by atoms with Gasteiger partial charge in [0.15, 0.2) is 0 Å². The van der Waals surface area contributed by atoms with E-state index in [2.05, 4.69) is 4.74 Å². The van der Waals surface area contributed by atoms with Gasteiger partial charge in [0, 0.05) is 25.9 Å². The standard InChI is InChI=1S/C20H28O4.C17H19F3O4/c1-23-14-2-3-16-4-6-18(7-5-16)15-24-19-11-8-17(9-12-19)10-13-20(21)22;18-17(19,20)24-15-8-3-13(4-9-15)11-23-14-6-1-12(2-7-14)5-10-16(21)22/h8-13,16,18H,2-7,14-15H2,1H3,(H,21,22);1-2,5-7,10,13,15H,3-4,8-9,11H2,(H,21,22)/b13-10+;10-5+. The van der Waals surface area contributed by atoms with Gasteiger partial charge in [0.25, 0.3) is 0 Å². The monoisotopic (exact) mass is 676 g/mol. The Morgan fingerprint density at radius 2 is 1.12 bits per heavy atom. The van der Waals surface area contributed by atoms with Gasteiger partial charge in [-0.25, -0.2) is 9.59 Å². The number of ether oxygens (including phenoxy) is 4. The summed E-state index contributed by atoms with van der Waals surface area (Å²) in [5.74, 6) is 1.27. The van der Waals surface area contributed by atoms with E-state index in [0.717, 1.165) is 48.2 Å². The highest BCUT2D eigenvalue weighted by Gasteiger charge is 2.35. The second-order valence-corrected chi connectivity index (χ2v) is 12.3. The van der Waals surface area contributed by atoms with Crippen LogP contribution in [0.3, 0.4) is 0 Å². The molecule has 4 rings (SSSR count). The molecule has 2 saturated carbocycles. The van der Waals surface area contributed by atoms with Crippen molar-refractivity contribution in [2.75, 3.05) is 26.9 Å². The highest BCUT2D eigenvalue weighted by atomic mass is 19.4. The lowest BCUT2D eigenvalue weighted by Gasteiger charge is -2.28. The molecule has 0 atom stereocenters. The molecule has 8 nitrogen and oxygen atoms in total. The van der Waals surface area contributed by atoms with Crippen molar-refractivity contribution in [2.24, 2.45) is 17.8 Å². The van der Waals surface area contributed by atoms with E-state index in [4.69, 9.17) is 24.4 Å². The zero-order chi connectivity index (χ0) is 34.8. The van der Waals surface area contributed by atoms with Crippen molar-refractivity contribution in [3.63, 3.8) is 0 Å². The van der Waals surface area contributed by atoms with Crippen LogP contribution in [-0.4, -0.2) is 61.5 Å². The largest absolute Gasteiger partial charge is 0.522 e. The van der Waals surface area contributed by atoms with Gasteiger partial charge in [0.1, 0.15) is 11.5 Å². The third-order valence-corrected chi connectivity index (χ3v) is 8.59. The van der Waals surface area contributed by atoms with Crippen LogP contribution in [-0.2, 0) is 19.1 Å². The number of aliphatic carboxylic acids is 2. The number of carbonyl (C=O) groups is 2. The number of carboxylic acids is 2. The predicted octanol–water partition coefficient (Wildman–Crippen LogP) is 8.65. The molecule has 2 aliphatic rings. The Hall–Kier alpha value is -3.83. The topological polar surface area (TPSA) is 112 Å². The maximum absolute atomic E-state index is 12.2. The first-order chi connectivity index (χ1) is 23.0. The highest BCUT2D eigenvalue weighted by Crippen LogP contribution is 2.33. The molecule has 2 fully saturated rings. The van der Waals surface area contributed by atoms with Crippen molar-refractivity contribution in [3.8, 4) is 11.5 Å². The average molecular weight is 677 g/mol. The molecule has 0 aliphatic heterocycles. The number of methoxy groups -OCH3 is 1. The van der Waals surface area contributed by atoms with Crippen LogP contribution in [0.25, 0.3) is 12.2 Å². The van der Waals surface area contributed by atoms with Crippen molar-refractivity contribution in [1.29, 1.82) is 0 Å². The first-order valence-electron chi connectivity index (χ1n) is 16.5. The van der Waals surface area contributed by atoms with Gasteiger partial charge < -0.3 is 24.4 Å². The minimum atomic E-state index is -4.56. The van der Waals surface area contributed by atoms with Crippen LogP contribution >= 0.6 is 0 Å². The Morgan fingerprint density at radius 3 is 1.52 bits per heavy atom. The van der Waals surface area contributed by atoms with Gasteiger partial charge in [-0.05, 0) is 117 Å². The highest BCUT2D eigenvalue weighted by molar-refractivity contribution is 5.85. The van der Waals surface area contributed by atoms with Crippen LogP contribution < -0.4 is 9.47 Å². The number of hydrogen-bond acceptors (Lipinski definition) is 6. The lowest BCUT2D eigenvalue weighted by molar-refractivity contribution is -0.345. The Labute approximate surface area is 280 Å². The molecule has 2 aliphatic carbocycles. The van der Waals surface area contributed by atoms with E-state index in [1.165, 1.54) is 44.6 Å². The lowest BCUT2D eigenvalue weighted by Crippen LogP contribution is -2.29. The minimum Gasteiger partial charge on any atom is -0.493 e. The average Bonchev–Trinajstić information content (AvgIpc) is 3.06. The van der Waals surface area contributed by atoms with Crippen molar-refractivity contribution in [2.45, 2.75) is 76.7 Å². The Balaban J connectivity index is 0.000000260. The van der Waals surface area contributed by atoms with Crippen LogP contribution in [0.15, 0.2) is 60.7 Å². The summed E-state index contributed by atoms with van der Waals surface area (Å²) in [6.07, 6.45) is 9.54. The van der Waals surface area contributed by atoms with Gasteiger partial charge >= 0.3 is 18.3 Å². The molecule has 0 unspecified atom stereocenters. The summed E-state index contributed by atoms with van der Waals surface area (Å²) in [5, 5.41) is 17.2. The maximum atomic E-state index is 12.2. The predicted molar refractivity (Wildman–Crippen MR) is 177 cm³/mol. The van der Waals surface area contributed by atoms with Crippen molar-refractivity contribution >= 4 is 24.1 Å². The summed E-state index contributed by atoms with van der Waals surface area (Å²) >= 11 is 0. The molecular formula is C37H47F3O8. The lowest BCUT2D eigenvalue weighted by atomic mass is 9.80. The number of benzene rings is 2. The van der Waals surface area contributed by atoms with Gasteiger partial charge in [-0.15, -0.1) is 13.2 Å². The summed E-state index contributed by atoms with van der Waals surface area (Å²) < 4.78 is 57.2. The number of hydrogen-bond donors (Lipinski definition) is 2. The molecule has 2 aromatic rings. The van der Waals surface area contributed by atoms with E-state index >= 15 is 0 Å². The van der Waals surface area contributed by atoms with Crippen molar-refractivity contribution in [3.05, 3.63) is 71.8 Å². The van der Waals surface area contributed by atoms with Crippen LogP contribution in [0.5, 0.6) is 11.5 Å². The third-order valence-electron chi connectivity index (χ3n) is 8.59. The van der Waals surface area contributed by atoms with Gasteiger partial charge in [0.05, 0.1) is 19.3 Å². The molecule has 2 aromatic carbocycles. The fourth-order valence-electron chi connectivity index (χ4n) is 5.92. The summed E-state index contributed by atoms with van der Waals surface area (Å²) in [6.45, 7) is 2.10. The van der Waals surface area contributed by atoms with E-state index in [9.17, 15) is 22.8 Å². The summed E-state index contributed by atoms with van der Waals surface area (Å²) in [7, 11) is 1.77. The fraction of sp³-hybridized carbons (Fsp3) is 0.514. The minimum absolute atomic E-state index is 0.213. The zero-order valence-corrected chi connectivity index (χ0v) is 27.4. The first kappa shape index (κ1) is 38.6. The molecule has 0 saturated heterocycles. The summed E-state index contributed by atoms with van der Waals surface area (Å²) in [4.78, 5) is 20.9. The van der Waals surface area contributed by atoms with Gasteiger partial charge in [0.2, 0.25) is 0 Å². The van der Waals surface area contributed by atoms with Crippen LogP contribution in [0, 0.1) is 17.8 Å². The Morgan fingerprint density at radius 1 is 0.708 bits per heavy atom. The number of halogens is 3. The fourth-order valence-corrected chi connectivity index (χ4v) is 5.92. The van der Waals surface area contributed by atoms with Gasteiger partial charge in [-0.1, -0.05) is 37.1 Å². The summed E-state index contributed by atoms with van der Waals surface area (Å²) in [6, 6.07) is 14.5. The molecule has 48 heavy (non-hydrogen) atoms. The first-order valence-corrected chi connectivity index (χ1v) is 16.5. The molecule has 264 valence electrons. The van der Waals surface area contributed by atoms with Gasteiger partial charge in [-0.3, -0.25) is 4.74 Å². The van der Waals surface area contributed by atoms with E-state index < -0.39 is 24.4 Å². The smallest absolute Gasteiger partial charge is 0.493 e. The van der Waals surface area contributed by atoms with E-state index in [1.54, 1.807) is 37.5 Å². The SMILES string of the molecule is COCCCC1CCC(COc2ccc(/C=C/C(=O)O)cc2)CC1.O=C(O)/C=C/c1ccc(OCC2CCC(OC(F)(F)F)CC2)cc1. The molecule has 0 radical (unpaired) electrons. The molecule has 0 amide bonds. The number of carboxylic acid groups (broad SMARTS) is 2. The number of alkyl halides is 3. The second-order valence-electron chi connectivity index (χ2n) is 12.3. The van der Waals surface area contributed by atoms with Crippen LogP contribution in [0.2, 0.25) is 0 Å². The zero-order valence-electron chi connectivity index (χ0n) is 27.4. The van der Waals surface area contributed by atoms with E-state index in [1.807, 2.05) is 24.3 Å².